The highest BCUT2D eigenvalue weighted by molar-refractivity contribution is 6.41. The van der Waals surface area contributed by atoms with Crippen molar-refractivity contribution in [3.63, 3.8) is 0 Å². The van der Waals surface area contributed by atoms with Crippen molar-refractivity contribution in [2.45, 2.75) is 6.92 Å². The van der Waals surface area contributed by atoms with Crippen LogP contribution in [0.3, 0.4) is 0 Å². The number of amides is 1. The number of hydrogen-bond donors (Lipinski definition) is 2. The molecular weight excluding hydrogens is 228 g/mol. The van der Waals surface area contributed by atoms with E-state index in [4.69, 9.17) is 5.11 Å². The molecular formula is C9H10N4O4. The minimum Gasteiger partial charge on any atom is -0.476 e. The summed E-state index contributed by atoms with van der Waals surface area (Å²) in [7, 11) is 0. The van der Waals surface area contributed by atoms with Gasteiger partial charge in [-0.15, -0.1) is 0 Å². The maximum absolute atomic E-state index is 10.9. The van der Waals surface area contributed by atoms with Gasteiger partial charge in [-0.1, -0.05) is 5.16 Å². The molecule has 0 fully saturated rings. The van der Waals surface area contributed by atoms with E-state index >= 15 is 0 Å². The van der Waals surface area contributed by atoms with Crippen molar-refractivity contribution in [3.8, 4) is 0 Å². The number of carbonyl (C=O) groups is 2. The molecule has 0 unspecified atom stereocenters. The van der Waals surface area contributed by atoms with Gasteiger partial charge >= 0.3 is 5.97 Å². The molecule has 17 heavy (non-hydrogen) atoms. The topological polar surface area (TPSA) is 114 Å². The van der Waals surface area contributed by atoms with Crippen molar-refractivity contribution >= 4 is 23.9 Å². The number of aliphatic carboxylic acids is 1. The summed E-state index contributed by atoms with van der Waals surface area (Å²) in [5.41, 5.74) is -0.429. The molecule has 0 aliphatic rings. The molecule has 0 atom stereocenters. The van der Waals surface area contributed by atoms with Crippen LogP contribution in [0.4, 0.5) is 5.82 Å². The second-order valence-corrected chi connectivity index (χ2v) is 2.69. The third-order valence-electron chi connectivity index (χ3n) is 1.56. The van der Waals surface area contributed by atoms with Gasteiger partial charge in [-0.25, -0.2) is 14.8 Å². The number of anilines is 1. The van der Waals surface area contributed by atoms with E-state index in [9.17, 15) is 9.59 Å². The van der Waals surface area contributed by atoms with Gasteiger partial charge in [-0.3, -0.25) is 4.79 Å². The van der Waals surface area contributed by atoms with E-state index in [1.165, 1.54) is 12.3 Å². The zero-order chi connectivity index (χ0) is 12.7. The Hall–Kier alpha value is -2.51. The predicted octanol–water partition coefficient (Wildman–Crippen LogP) is -0.130. The van der Waals surface area contributed by atoms with Crippen LogP contribution in [0.1, 0.15) is 12.7 Å². The van der Waals surface area contributed by atoms with Crippen LogP contribution >= 0.6 is 0 Å². The summed E-state index contributed by atoms with van der Waals surface area (Å²) in [5, 5.41) is 14.6. The lowest BCUT2D eigenvalue weighted by Crippen LogP contribution is -2.19. The Morgan fingerprint density at radius 3 is 3.06 bits per heavy atom. The smallest absolute Gasteiger partial charge is 0.361 e. The number of nitrogens with one attached hydrogen (secondary N) is 1. The molecule has 0 saturated heterocycles. The fourth-order valence-corrected chi connectivity index (χ4v) is 0.918. The van der Waals surface area contributed by atoms with E-state index in [1.807, 2.05) is 0 Å². The van der Waals surface area contributed by atoms with Gasteiger partial charge in [0.1, 0.15) is 12.4 Å². The molecule has 0 aliphatic heterocycles. The van der Waals surface area contributed by atoms with E-state index in [0.29, 0.717) is 6.41 Å². The highest BCUT2D eigenvalue weighted by Crippen LogP contribution is 2.02. The van der Waals surface area contributed by atoms with Crippen molar-refractivity contribution in [1.29, 1.82) is 0 Å². The molecule has 1 aromatic heterocycles. The van der Waals surface area contributed by atoms with E-state index < -0.39 is 11.7 Å². The molecule has 0 aliphatic carbocycles. The number of aromatic nitrogens is 2. The Kier molecular flexibility index (Phi) is 4.55. The maximum atomic E-state index is 10.9. The predicted molar refractivity (Wildman–Crippen MR) is 57.5 cm³/mol. The number of rotatable bonds is 6. The summed E-state index contributed by atoms with van der Waals surface area (Å²) in [4.78, 5) is 33.3. The van der Waals surface area contributed by atoms with Gasteiger partial charge in [0.2, 0.25) is 12.1 Å². The number of nitrogens with zero attached hydrogens (tertiary/aromatic N) is 3. The fourth-order valence-electron chi connectivity index (χ4n) is 0.918. The molecule has 0 spiro atoms. The van der Waals surface area contributed by atoms with Gasteiger partial charge in [0.25, 0.3) is 0 Å². The molecule has 90 valence electrons. The average Bonchev–Trinajstić information content (AvgIpc) is 2.30. The molecule has 0 saturated carbocycles. The average molecular weight is 238 g/mol. The lowest BCUT2D eigenvalue weighted by molar-refractivity contribution is -0.129. The molecule has 1 heterocycles. The largest absolute Gasteiger partial charge is 0.476 e. The minimum atomic E-state index is -1.32. The van der Waals surface area contributed by atoms with Crippen LogP contribution in [0.25, 0.3) is 0 Å². The van der Waals surface area contributed by atoms with Crippen molar-refractivity contribution < 1.29 is 19.5 Å². The zero-order valence-corrected chi connectivity index (χ0v) is 8.95. The monoisotopic (exact) mass is 238 g/mol. The first-order valence-electron chi connectivity index (χ1n) is 4.66. The first kappa shape index (κ1) is 12.6. The van der Waals surface area contributed by atoms with Crippen LogP contribution in [0.5, 0.6) is 0 Å². The van der Waals surface area contributed by atoms with Gasteiger partial charge in [-0.2, -0.15) is 0 Å². The SMILES string of the molecule is CCO/N=C(\C(=O)O)c1nccc(NC=O)n1. The normalized spacial score (nSPS) is 10.8. The molecule has 0 bridgehead atoms. The number of carbonyl (C=O) groups excluding carboxylic acids is 1. The molecule has 2 N–H and O–H groups in total. The van der Waals surface area contributed by atoms with Crippen LogP contribution in [0, 0.1) is 0 Å². The van der Waals surface area contributed by atoms with Crippen LogP contribution in [0.15, 0.2) is 17.4 Å². The Labute approximate surface area is 96.3 Å². The number of oxime groups is 1. The highest BCUT2D eigenvalue weighted by Gasteiger charge is 2.17. The standard InChI is InChI=1S/C9H10N4O4/c1-2-17-13-7(9(15)16)8-10-4-3-6(12-8)11-5-14/h3-5H,2H2,1H3,(H,15,16)(H,10,11,12,14)/b13-7-. The third-order valence-corrected chi connectivity index (χ3v) is 1.56. The molecule has 0 radical (unpaired) electrons. The number of carboxylic acids is 1. The quantitative estimate of drug-likeness (QED) is 0.405. The highest BCUT2D eigenvalue weighted by atomic mass is 16.6. The number of carboxylic acid groups (broad SMARTS) is 1. The van der Waals surface area contributed by atoms with Crippen molar-refractivity contribution in [2.75, 3.05) is 11.9 Å². The molecule has 8 heteroatoms. The first-order chi connectivity index (χ1) is 8.19. The van der Waals surface area contributed by atoms with E-state index in [0.717, 1.165) is 0 Å². The van der Waals surface area contributed by atoms with Gasteiger partial charge in [0, 0.05) is 6.20 Å². The molecule has 1 aromatic rings. The van der Waals surface area contributed by atoms with Crippen LogP contribution in [0.2, 0.25) is 0 Å². The van der Waals surface area contributed by atoms with Gasteiger partial charge in [0.15, 0.2) is 5.82 Å². The van der Waals surface area contributed by atoms with Crippen molar-refractivity contribution in [2.24, 2.45) is 5.16 Å². The molecule has 8 nitrogen and oxygen atoms in total. The molecule has 1 amide bonds. The van der Waals surface area contributed by atoms with Crippen molar-refractivity contribution in [1.82, 2.24) is 9.97 Å². The Bertz CT molecular complexity index is 446. The summed E-state index contributed by atoms with van der Waals surface area (Å²) < 4.78 is 0. The molecule has 0 aromatic carbocycles. The second-order valence-electron chi connectivity index (χ2n) is 2.69. The van der Waals surface area contributed by atoms with Gasteiger partial charge in [0.05, 0.1) is 0 Å². The second kappa shape index (κ2) is 6.16. The van der Waals surface area contributed by atoms with E-state index in [-0.39, 0.29) is 18.2 Å². The summed E-state index contributed by atoms with van der Waals surface area (Å²) >= 11 is 0. The van der Waals surface area contributed by atoms with Crippen LogP contribution in [-0.4, -0.2) is 39.8 Å². The lowest BCUT2D eigenvalue weighted by Gasteiger charge is -2.02. The van der Waals surface area contributed by atoms with Gasteiger partial charge in [-0.05, 0) is 13.0 Å². The summed E-state index contributed by atoms with van der Waals surface area (Å²) in [6.45, 7) is 1.89. The third kappa shape index (κ3) is 3.52. The molecule has 1 rings (SSSR count). The zero-order valence-electron chi connectivity index (χ0n) is 8.95. The fraction of sp³-hybridized carbons (Fsp3) is 0.222. The van der Waals surface area contributed by atoms with E-state index in [1.54, 1.807) is 6.92 Å². The summed E-state index contributed by atoms with van der Waals surface area (Å²) in [6.07, 6.45) is 1.73. The Balaban J connectivity index is 3.05. The van der Waals surface area contributed by atoms with Crippen LogP contribution in [-0.2, 0) is 14.4 Å². The Morgan fingerprint density at radius 1 is 1.71 bits per heavy atom. The van der Waals surface area contributed by atoms with E-state index in [2.05, 4.69) is 25.3 Å². The maximum Gasteiger partial charge on any atom is 0.361 e. The first-order valence-corrected chi connectivity index (χ1v) is 4.66. The minimum absolute atomic E-state index is 0.141. The van der Waals surface area contributed by atoms with Crippen LogP contribution < -0.4 is 5.32 Å². The summed E-state index contributed by atoms with van der Waals surface area (Å²) in [5.74, 6) is -1.28. The summed E-state index contributed by atoms with van der Waals surface area (Å²) in [6, 6.07) is 1.41. The number of hydrogen-bond acceptors (Lipinski definition) is 6. The lowest BCUT2D eigenvalue weighted by atomic mass is 10.3. The Morgan fingerprint density at radius 2 is 2.47 bits per heavy atom. The van der Waals surface area contributed by atoms with Crippen molar-refractivity contribution in [3.05, 3.63) is 18.1 Å². The van der Waals surface area contributed by atoms with Gasteiger partial charge < -0.3 is 15.3 Å².